The fourth-order valence-corrected chi connectivity index (χ4v) is 5.55. The van der Waals surface area contributed by atoms with Gasteiger partial charge in [0, 0.05) is 43.4 Å². The Balaban J connectivity index is 1.33. The van der Waals surface area contributed by atoms with Crippen LogP contribution in [0.4, 0.5) is 35.9 Å². The Bertz CT molecular complexity index is 1440. The molecule has 222 valence electrons. The number of carbonyl (C=O) groups is 1. The van der Waals surface area contributed by atoms with Gasteiger partial charge in [-0.1, -0.05) is 11.3 Å². The summed E-state index contributed by atoms with van der Waals surface area (Å²) in [6, 6.07) is -0.00741. The van der Waals surface area contributed by atoms with Crippen molar-refractivity contribution >= 4 is 32.6 Å². The molecule has 4 heterocycles. The monoisotopic (exact) mass is 609 g/mol. The van der Waals surface area contributed by atoms with Gasteiger partial charge in [0.05, 0.1) is 29.3 Å². The number of hydrogen-bond acceptors (Lipinski definition) is 9. The molecule has 2 aromatic heterocycles. The van der Waals surface area contributed by atoms with Crippen LogP contribution in [0.5, 0.6) is 17.4 Å². The maximum absolute atomic E-state index is 15.0. The van der Waals surface area contributed by atoms with E-state index in [9.17, 15) is 26.7 Å². The van der Waals surface area contributed by atoms with Gasteiger partial charge < -0.3 is 25.3 Å². The molecule has 41 heavy (non-hydrogen) atoms. The smallest absolute Gasteiger partial charge is 0.481 e. The molecule has 1 saturated heterocycles. The topological polar surface area (TPSA) is 112 Å². The predicted molar refractivity (Wildman–Crippen MR) is 132 cm³/mol. The second kappa shape index (κ2) is 10.1. The van der Waals surface area contributed by atoms with Crippen LogP contribution in [0.2, 0.25) is 0 Å². The minimum atomic E-state index is -4.87. The number of rotatable bonds is 6. The van der Waals surface area contributed by atoms with Gasteiger partial charge in [-0.25, -0.2) is 18.7 Å². The number of amides is 1. The third-order valence-electron chi connectivity index (χ3n) is 6.91. The lowest BCUT2D eigenvalue weighted by Crippen LogP contribution is -2.52. The number of nitrogens with one attached hydrogen (secondary N) is 1. The van der Waals surface area contributed by atoms with Crippen molar-refractivity contribution in [3.63, 3.8) is 0 Å². The van der Waals surface area contributed by atoms with Gasteiger partial charge in [-0.3, -0.25) is 9.69 Å². The molecule has 0 spiro atoms. The van der Waals surface area contributed by atoms with Crippen LogP contribution in [0, 0.1) is 0 Å². The number of carbonyl (C=O) groups excluding carboxylic acids is 1. The van der Waals surface area contributed by atoms with Gasteiger partial charge in [0.1, 0.15) is 6.04 Å². The van der Waals surface area contributed by atoms with Gasteiger partial charge in [-0.15, -0.1) is 8.78 Å². The second-order valence-electron chi connectivity index (χ2n) is 9.56. The van der Waals surface area contributed by atoms with E-state index in [2.05, 4.69) is 24.8 Å². The zero-order valence-corrected chi connectivity index (χ0v) is 22.1. The van der Waals surface area contributed by atoms with Crippen molar-refractivity contribution in [3.8, 4) is 17.4 Å². The van der Waals surface area contributed by atoms with Crippen molar-refractivity contribution in [1.29, 1.82) is 0 Å². The summed E-state index contributed by atoms with van der Waals surface area (Å²) in [7, 11) is 1.09. The average molecular weight is 610 g/mol. The number of piperidine rings is 1. The molecule has 17 heteroatoms. The number of methoxy groups -OCH3 is 1. The Morgan fingerprint density at radius 1 is 1.22 bits per heavy atom. The first-order chi connectivity index (χ1) is 19.1. The van der Waals surface area contributed by atoms with Gasteiger partial charge in [0.2, 0.25) is 11.8 Å². The van der Waals surface area contributed by atoms with E-state index in [0.717, 1.165) is 30.7 Å². The first kappa shape index (κ1) is 29.1. The number of likely N-dealkylation sites (tertiary alicyclic amines) is 1. The van der Waals surface area contributed by atoms with Crippen LogP contribution in [0.1, 0.15) is 36.4 Å². The molecule has 5 rings (SSSR count). The van der Waals surface area contributed by atoms with Crippen molar-refractivity contribution in [2.45, 2.75) is 49.7 Å². The van der Waals surface area contributed by atoms with Crippen molar-refractivity contribution < 1.29 is 49.7 Å². The van der Waals surface area contributed by atoms with Crippen LogP contribution in [0.15, 0.2) is 24.4 Å². The van der Waals surface area contributed by atoms with Crippen molar-refractivity contribution in [1.82, 2.24) is 14.9 Å². The van der Waals surface area contributed by atoms with Crippen LogP contribution < -0.4 is 25.3 Å². The molecule has 2 aliphatic heterocycles. The van der Waals surface area contributed by atoms with E-state index < -0.39 is 60.2 Å². The second-order valence-corrected chi connectivity index (χ2v) is 10.6. The quantitative estimate of drug-likeness (QED) is 0.375. The van der Waals surface area contributed by atoms with E-state index in [1.165, 1.54) is 24.0 Å². The first-order valence-corrected chi connectivity index (χ1v) is 12.9. The number of alkyl halides is 7. The lowest BCUT2D eigenvalue weighted by Gasteiger charge is -2.40. The Morgan fingerprint density at radius 3 is 2.56 bits per heavy atom. The summed E-state index contributed by atoms with van der Waals surface area (Å²) >= 11 is 0.977. The van der Waals surface area contributed by atoms with E-state index in [0.29, 0.717) is 4.70 Å². The third kappa shape index (κ3) is 5.70. The van der Waals surface area contributed by atoms with E-state index in [4.69, 9.17) is 10.5 Å². The van der Waals surface area contributed by atoms with Gasteiger partial charge in [-0.2, -0.15) is 13.2 Å². The Morgan fingerprint density at radius 2 is 1.90 bits per heavy atom. The molecule has 1 fully saturated rings. The van der Waals surface area contributed by atoms with Crippen molar-refractivity contribution in [2.24, 2.45) is 5.73 Å². The van der Waals surface area contributed by atoms with Crippen LogP contribution in [0.25, 0.3) is 10.2 Å². The van der Waals surface area contributed by atoms with E-state index >= 15 is 8.78 Å². The normalized spacial score (nSPS) is 21.5. The van der Waals surface area contributed by atoms with Gasteiger partial charge >= 0.3 is 12.5 Å². The molecular weight excluding hydrogens is 587 g/mol. The number of pyridine rings is 1. The number of halogens is 7. The SMILES string of the molecule is COc1ncc(C2CN([C@@H](C)C(=O)Nc3nc4cc5c(cc4s3)OC(F)(F)O5)CCC2(F)F)cc1C(N)C(F)(F)F. The summed E-state index contributed by atoms with van der Waals surface area (Å²) in [5.41, 5.74) is 4.81. The van der Waals surface area contributed by atoms with Crippen LogP contribution in [0.3, 0.4) is 0 Å². The molecule has 2 aliphatic rings. The molecule has 1 amide bonds. The molecule has 0 bridgehead atoms. The molecule has 0 saturated carbocycles. The number of fused-ring (bicyclic) bond motifs is 2. The zero-order valence-electron chi connectivity index (χ0n) is 21.3. The molecule has 3 atom stereocenters. The number of aromatic nitrogens is 2. The Kier molecular flexibility index (Phi) is 7.18. The van der Waals surface area contributed by atoms with Crippen molar-refractivity contribution in [2.75, 3.05) is 25.5 Å². The van der Waals surface area contributed by atoms with Gasteiger partial charge in [-0.05, 0) is 18.6 Å². The van der Waals surface area contributed by atoms with Crippen LogP contribution in [-0.2, 0) is 4.79 Å². The highest BCUT2D eigenvalue weighted by molar-refractivity contribution is 7.22. The number of benzene rings is 1. The highest BCUT2D eigenvalue weighted by Crippen LogP contribution is 2.45. The minimum Gasteiger partial charge on any atom is -0.481 e. The molecule has 3 aromatic rings. The number of thiazole rings is 1. The standard InChI is InChI=1S/C24H22F7N5O4S/c1-10(19(37)35-21-34-14-6-15-16(7-17(14)41-21)40-24(30,31)39-15)36-4-3-22(25,26)13(9-36)11-5-12(18(32)23(27,28)29)20(38-2)33-8-11/h5-8,10,13,18H,3-4,9,32H2,1-2H3,(H,34,35,37)/t10-,13?,18?/m0/s1. The average Bonchev–Trinajstić information content (AvgIpc) is 3.41. The molecular formula is C24H22F7N5O4S. The van der Waals surface area contributed by atoms with Crippen LogP contribution in [-0.4, -0.2) is 65.4 Å². The minimum absolute atomic E-state index is 0.122. The molecule has 2 unspecified atom stereocenters. The highest BCUT2D eigenvalue weighted by atomic mass is 32.1. The van der Waals surface area contributed by atoms with Crippen molar-refractivity contribution in [3.05, 3.63) is 35.5 Å². The lowest BCUT2D eigenvalue weighted by molar-refractivity contribution is -0.286. The van der Waals surface area contributed by atoms with Gasteiger partial charge in [0.25, 0.3) is 5.92 Å². The van der Waals surface area contributed by atoms with Gasteiger partial charge in [0.15, 0.2) is 16.6 Å². The van der Waals surface area contributed by atoms with Crippen LogP contribution >= 0.6 is 11.3 Å². The maximum Gasteiger partial charge on any atom is 0.586 e. The number of hydrogen-bond donors (Lipinski definition) is 2. The zero-order chi connectivity index (χ0) is 29.9. The highest BCUT2D eigenvalue weighted by Gasteiger charge is 2.48. The third-order valence-corrected chi connectivity index (χ3v) is 7.85. The molecule has 9 nitrogen and oxygen atoms in total. The Hall–Kier alpha value is -3.44. The summed E-state index contributed by atoms with van der Waals surface area (Å²) in [4.78, 5) is 22.5. The fraction of sp³-hybridized carbons (Fsp3) is 0.458. The summed E-state index contributed by atoms with van der Waals surface area (Å²) < 4.78 is 111. The van der Waals surface area contributed by atoms with E-state index in [1.54, 1.807) is 0 Å². The first-order valence-electron chi connectivity index (χ1n) is 12.1. The number of nitrogens with two attached hydrogens (primary N) is 1. The molecule has 0 radical (unpaired) electrons. The number of nitrogens with zero attached hydrogens (tertiary/aromatic N) is 3. The fourth-order valence-electron chi connectivity index (χ4n) is 4.68. The summed E-state index contributed by atoms with van der Waals surface area (Å²) in [6.45, 7) is 0.941. The summed E-state index contributed by atoms with van der Waals surface area (Å²) in [5, 5.41) is 2.71. The van der Waals surface area contributed by atoms with E-state index in [1.807, 2.05) is 0 Å². The molecule has 1 aromatic carbocycles. The molecule has 0 aliphatic carbocycles. The number of ether oxygens (including phenoxy) is 3. The molecule has 3 N–H and O–H groups in total. The maximum atomic E-state index is 15.0. The van der Waals surface area contributed by atoms with E-state index in [-0.39, 0.29) is 40.8 Å². The largest absolute Gasteiger partial charge is 0.586 e. The lowest BCUT2D eigenvalue weighted by atomic mass is 9.86. The number of anilines is 1. The summed E-state index contributed by atoms with van der Waals surface area (Å²) in [6.07, 6.45) is -8.32. The summed E-state index contributed by atoms with van der Waals surface area (Å²) in [5.74, 6) is -6.33. The Labute approximate surface area is 231 Å². The predicted octanol–water partition coefficient (Wildman–Crippen LogP) is 5.04.